The molecule has 0 bridgehead atoms. The molecule has 5 heteroatoms. The number of rotatable bonds is 4. The third-order valence-corrected chi connectivity index (χ3v) is 5.01. The van der Waals surface area contributed by atoms with Gasteiger partial charge in [-0.25, -0.2) is 4.79 Å². The number of ether oxygens (including phenoxy) is 1. The molecule has 0 unspecified atom stereocenters. The minimum atomic E-state index is -0.146. The lowest BCUT2D eigenvalue weighted by molar-refractivity contribution is 0.100. The second kappa shape index (κ2) is 5.32. The Bertz CT molecular complexity index is 690. The third kappa shape index (κ3) is 2.25. The standard InChI is InChI=1S/C17H21N3O2/c1-18-13-8-14(9-13)20-15(10-22-17(20)21)7-11-2-3-16-12(6-11)4-5-19-16/h2-6,13-15,18-19H,7-10H2,1H3/t13?,14?,15-/m0/s1. The minimum Gasteiger partial charge on any atom is -0.447 e. The molecule has 1 atom stereocenters. The average molecular weight is 299 g/mol. The van der Waals surface area contributed by atoms with Crippen LogP contribution in [-0.4, -0.2) is 47.8 Å². The fraction of sp³-hybridized carbons (Fsp3) is 0.471. The van der Waals surface area contributed by atoms with E-state index >= 15 is 0 Å². The van der Waals surface area contributed by atoms with Gasteiger partial charge in [-0.05, 0) is 55.5 Å². The molecule has 0 radical (unpaired) electrons. The van der Waals surface area contributed by atoms with Crippen LogP contribution in [0.5, 0.6) is 0 Å². The Hall–Kier alpha value is -2.01. The molecule has 22 heavy (non-hydrogen) atoms. The number of nitrogens with one attached hydrogen (secondary N) is 2. The molecule has 1 aliphatic heterocycles. The molecule has 1 aromatic heterocycles. The summed E-state index contributed by atoms with van der Waals surface area (Å²) in [6, 6.07) is 9.54. The van der Waals surface area contributed by atoms with Gasteiger partial charge in [-0.15, -0.1) is 0 Å². The van der Waals surface area contributed by atoms with Crippen LogP contribution in [0.25, 0.3) is 10.9 Å². The van der Waals surface area contributed by atoms with Gasteiger partial charge in [-0.3, -0.25) is 4.90 Å². The van der Waals surface area contributed by atoms with E-state index in [4.69, 9.17) is 4.74 Å². The summed E-state index contributed by atoms with van der Waals surface area (Å²) >= 11 is 0. The van der Waals surface area contributed by atoms with Gasteiger partial charge in [0, 0.05) is 23.8 Å². The molecular weight excluding hydrogens is 278 g/mol. The number of H-pyrrole nitrogens is 1. The zero-order valence-electron chi connectivity index (χ0n) is 12.7. The van der Waals surface area contributed by atoms with Crippen molar-refractivity contribution in [1.82, 2.24) is 15.2 Å². The van der Waals surface area contributed by atoms with Crippen molar-refractivity contribution in [2.24, 2.45) is 0 Å². The molecule has 1 amide bonds. The van der Waals surface area contributed by atoms with Crippen molar-refractivity contribution in [1.29, 1.82) is 0 Å². The monoisotopic (exact) mass is 299 g/mol. The first-order valence-electron chi connectivity index (χ1n) is 7.93. The van der Waals surface area contributed by atoms with E-state index in [0.29, 0.717) is 18.7 Å². The summed E-state index contributed by atoms with van der Waals surface area (Å²) < 4.78 is 5.31. The van der Waals surface area contributed by atoms with E-state index in [0.717, 1.165) is 24.8 Å². The molecule has 2 heterocycles. The van der Waals surface area contributed by atoms with Gasteiger partial charge in [0.05, 0.1) is 6.04 Å². The van der Waals surface area contributed by atoms with Gasteiger partial charge in [0.15, 0.2) is 0 Å². The van der Waals surface area contributed by atoms with Gasteiger partial charge in [0.2, 0.25) is 0 Å². The summed E-state index contributed by atoms with van der Waals surface area (Å²) in [6.45, 7) is 0.505. The van der Waals surface area contributed by atoms with Gasteiger partial charge in [-0.2, -0.15) is 0 Å². The lowest BCUT2D eigenvalue weighted by Gasteiger charge is -2.42. The first-order valence-corrected chi connectivity index (χ1v) is 7.93. The van der Waals surface area contributed by atoms with Crippen molar-refractivity contribution in [3.8, 4) is 0 Å². The number of nitrogens with zero attached hydrogens (tertiary/aromatic N) is 1. The number of fused-ring (bicyclic) bond motifs is 1. The Morgan fingerprint density at radius 3 is 3.05 bits per heavy atom. The quantitative estimate of drug-likeness (QED) is 0.910. The first kappa shape index (κ1) is 13.6. The number of hydrogen-bond acceptors (Lipinski definition) is 3. The van der Waals surface area contributed by atoms with Crippen molar-refractivity contribution in [2.75, 3.05) is 13.7 Å². The summed E-state index contributed by atoms with van der Waals surface area (Å²) in [5, 5.41) is 4.49. The predicted octanol–water partition coefficient (Wildman–Crippen LogP) is 2.28. The second-order valence-electron chi connectivity index (χ2n) is 6.35. The predicted molar refractivity (Wildman–Crippen MR) is 84.8 cm³/mol. The Morgan fingerprint density at radius 1 is 1.36 bits per heavy atom. The maximum atomic E-state index is 12.1. The second-order valence-corrected chi connectivity index (χ2v) is 6.35. The molecule has 2 fully saturated rings. The van der Waals surface area contributed by atoms with Crippen LogP contribution in [0.4, 0.5) is 4.79 Å². The van der Waals surface area contributed by atoms with Gasteiger partial charge in [-0.1, -0.05) is 6.07 Å². The summed E-state index contributed by atoms with van der Waals surface area (Å²) in [7, 11) is 1.98. The molecule has 1 aromatic carbocycles. The van der Waals surface area contributed by atoms with Crippen LogP contribution >= 0.6 is 0 Å². The highest BCUT2D eigenvalue weighted by atomic mass is 16.6. The highest BCUT2D eigenvalue weighted by Crippen LogP contribution is 2.31. The Labute approximate surface area is 129 Å². The Kier molecular flexibility index (Phi) is 3.30. The molecular formula is C17H21N3O2. The maximum Gasteiger partial charge on any atom is 0.410 e. The van der Waals surface area contributed by atoms with Crippen LogP contribution in [0.3, 0.4) is 0 Å². The number of benzene rings is 1. The van der Waals surface area contributed by atoms with Crippen molar-refractivity contribution in [3.63, 3.8) is 0 Å². The molecule has 1 saturated heterocycles. The number of aromatic amines is 1. The molecule has 2 aromatic rings. The fourth-order valence-electron chi connectivity index (χ4n) is 3.63. The third-order valence-electron chi connectivity index (χ3n) is 5.01. The van der Waals surface area contributed by atoms with Crippen molar-refractivity contribution in [2.45, 2.75) is 37.4 Å². The lowest BCUT2D eigenvalue weighted by Crippen LogP contribution is -2.54. The molecule has 116 valence electrons. The number of carbonyl (C=O) groups excluding carboxylic acids is 1. The highest BCUT2D eigenvalue weighted by molar-refractivity contribution is 5.80. The number of cyclic esters (lactones) is 1. The molecule has 1 saturated carbocycles. The average Bonchev–Trinajstić information content (AvgIpc) is 3.06. The number of aromatic nitrogens is 1. The molecule has 2 N–H and O–H groups in total. The highest BCUT2D eigenvalue weighted by Gasteiger charge is 2.43. The largest absolute Gasteiger partial charge is 0.447 e. The first-order chi connectivity index (χ1) is 10.7. The van der Waals surface area contributed by atoms with Gasteiger partial charge < -0.3 is 15.0 Å². The van der Waals surface area contributed by atoms with Gasteiger partial charge in [0.25, 0.3) is 0 Å². The Balaban J connectivity index is 1.49. The van der Waals surface area contributed by atoms with E-state index < -0.39 is 0 Å². The molecule has 0 spiro atoms. The van der Waals surface area contributed by atoms with E-state index in [2.05, 4.69) is 34.6 Å². The van der Waals surface area contributed by atoms with E-state index in [1.165, 1.54) is 10.9 Å². The maximum absolute atomic E-state index is 12.1. The number of amides is 1. The van der Waals surface area contributed by atoms with Crippen molar-refractivity contribution >= 4 is 17.0 Å². The summed E-state index contributed by atoms with van der Waals surface area (Å²) in [5.41, 5.74) is 2.40. The molecule has 2 aliphatic rings. The van der Waals surface area contributed by atoms with Gasteiger partial charge >= 0.3 is 6.09 Å². The minimum absolute atomic E-state index is 0.146. The van der Waals surface area contributed by atoms with Crippen molar-refractivity contribution in [3.05, 3.63) is 36.0 Å². The number of hydrogen-bond donors (Lipinski definition) is 2. The summed E-state index contributed by atoms with van der Waals surface area (Å²) in [5.74, 6) is 0. The van der Waals surface area contributed by atoms with Crippen LogP contribution in [0, 0.1) is 0 Å². The van der Waals surface area contributed by atoms with E-state index in [9.17, 15) is 4.79 Å². The van der Waals surface area contributed by atoms with Crippen LogP contribution in [0.1, 0.15) is 18.4 Å². The van der Waals surface area contributed by atoms with Crippen LogP contribution < -0.4 is 5.32 Å². The van der Waals surface area contributed by atoms with Crippen molar-refractivity contribution < 1.29 is 9.53 Å². The van der Waals surface area contributed by atoms with Crippen LogP contribution in [0.2, 0.25) is 0 Å². The van der Waals surface area contributed by atoms with E-state index in [1.807, 2.05) is 18.1 Å². The fourth-order valence-corrected chi connectivity index (χ4v) is 3.63. The molecule has 1 aliphatic carbocycles. The zero-order valence-corrected chi connectivity index (χ0v) is 12.7. The molecule has 5 nitrogen and oxygen atoms in total. The van der Waals surface area contributed by atoms with Crippen LogP contribution in [-0.2, 0) is 11.2 Å². The van der Waals surface area contributed by atoms with Gasteiger partial charge in [0.1, 0.15) is 6.61 Å². The summed E-state index contributed by atoms with van der Waals surface area (Å²) in [4.78, 5) is 17.2. The Morgan fingerprint density at radius 2 is 2.23 bits per heavy atom. The van der Waals surface area contributed by atoms with E-state index in [-0.39, 0.29) is 12.1 Å². The smallest absolute Gasteiger partial charge is 0.410 e. The SMILES string of the molecule is CNC1CC(N2C(=O)OC[C@@H]2Cc2ccc3[nH]ccc3c2)C1. The van der Waals surface area contributed by atoms with Crippen LogP contribution in [0.15, 0.2) is 30.5 Å². The normalized spacial score (nSPS) is 28.0. The number of carbonyl (C=O) groups is 1. The summed E-state index contributed by atoms with van der Waals surface area (Å²) in [6.07, 6.45) is 4.72. The lowest BCUT2D eigenvalue weighted by atomic mass is 9.84. The zero-order chi connectivity index (χ0) is 15.1. The van der Waals surface area contributed by atoms with E-state index in [1.54, 1.807) is 0 Å². The molecule has 4 rings (SSSR count). The topological polar surface area (TPSA) is 57.4 Å².